The summed E-state index contributed by atoms with van der Waals surface area (Å²) in [6, 6.07) is 18.4. The van der Waals surface area contributed by atoms with Crippen LogP contribution in [0.25, 0.3) is 21.8 Å². The van der Waals surface area contributed by atoms with E-state index in [1.165, 1.54) is 0 Å². The van der Waals surface area contributed by atoms with E-state index in [-0.39, 0.29) is 0 Å². The van der Waals surface area contributed by atoms with Gasteiger partial charge in [-0.3, -0.25) is 0 Å². The zero-order chi connectivity index (χ0) is 13.1. The maximum atomic E-state index is 5.78. The molecule has 2 N–H and O–H groups in total. The third kappa shape index (κ3) is 2.43. The van der Waals surface area contributed by atoms with E-state index in [0.717, 1.165) is 27.4 Å². The van der Waals surface area contributed by atoms with Crippen LogP contribution in [0.4, 0.5) is 0 Å². The van der Waals surface area contributed by atoms with Crippen molar-refractivity contribution >= 4 is 11.3 Å². The molecular formula is C16H14N2S. The van der Waals surface area contributed by atoms with Gasteiger partial charge in [0.05, 0.1) is 5.69 Å². The van der Waals surface area contributed by atoms with Crippen LogP contribution in [0, 0.1) is 0 Å². The Hall–Kier alpha value is -1.97. The minimum atomic E-state index is 0.538. The standard InChI is InChI=1S/C16H14N2S/c17-10-13-8-4-5-9-14(13)16-18-15(11-19-16)12-6-2-1-3-7-12/h1-9,11H,10,17H2. The zero-order valence-corrected chi connectivity index (χ0v) is 11.2. The molecule has 0 saturated heterocycles. The Morgan fingerprint density at radius 3 is 2.47 bits per heavy atom. The van der Waals surface area contributed by atoms with E-state index in [1.807, 2.05) is 30.3 Å². The zero-order valence-electron chi connectivity index (χ0n) is 10.4. The molecule has 2 aromatic carbocycles. The monoisotopic (exact) mass is 266 g/mol. The van der Waals surface area contributed by atoms with Gasteiger partial charge in [0, 0.05) is 23.1 Å². The lowest BCUT2D eigenvalue weighted by atomic mass is 10.1. The highest BCUT2D eigenvalue weighted by atomic mass is 32.1. The van der Waals surface area contributed by atoms with E-state index < -0.39 is 0 Å². The van der Waals surface area contributed by atoms with Crippen molar-refractivity contribution in [2.45, 2.75) is 6.54 Å². The average Bonchev–Trinajstić information content (AvgIpc) is 2.98. The molecule has 3 heteroatoms. The number of thiazole rings is 1. The van der Waals surface area contributed by atoms with Crippen molar-refractivity contribution in [1.82, 2.24) is 4.98 Å². The van der Waals surface area contributed by atoms with Crippen molar-refractivity contribution < 1.29 is 0 Å². The Labute approximate surface area is 116 Å². The van der Waals surface area contributed by atoms with Gasteiger partial charge in [0.2, 0.25) is 0 Å². The maximum absolute atomic E-state index is 5.78. The van der Waals surface area contributed by atoms with E-state index in [0.29, 0.717) is 6.54 Å². The Bertz CT molecular complexity index is 674. The van der Waals surface area contributed by atoms with Gasteiger partial charge in [-0.2, -0.15) is 0 Å². The number of hydrogen-bond donors (Lipinski definition) is 1. The lowest BCUT2D eigenvalue weighted by Crippen LogP contribution is -1.98. The fourth-order valence-electron chi connectivity index (χ4n) is 2.05. The molecule has 0 spiro atoms. The van der Waals surface area contributed by atoms with Gasteiger partial charge in [-0.05, 0) is 5.56 Å². The van der Waals surface area contributed by atoms with Crippen LogP contribution in [0.3, 0.4) is 0 Å². The molecule has 3 aromatic rings. The smallest absolute Gasteiger partial charge is 0.124 e. The molecule has 19 heavy (non-hydrogen) atoms. The van der Waals surface area contributed by atoms with Gasteiger partial charge in [0.25, 0.3) is 0 Å². The number of rotatable bonds is 3. The normalized spacial score (nSPS) is 10.6. The predicted octanol–water partition coefficient (Wildman–Crippen LogP) is 3.94. The molecule has 2 nitrogen and oxygen atoms in total. The fourth-order valence-corrected chi connectivity index (χ4v) is 2.94. The summed E-state index contributed by atoms with van der Waals surface area (Å²) in [5.74, 6) is 0. The molecule has 0 aliphatic heterocycles. The summed E-state index contributed by atoms with van der Waals surface area (Å²) in [5, 5.41) is 3.12. The van der Waals surface area contributed by atoms with Crippen molar-refractivity contribution in [2.24, 2.45) is 5.73 Å². The summed E-state index contributed by atoms with van der Waals surface area (Å²) in [6.45, 7) is 0.538. The van der Waals surface area contributed by atoms with Crippen LogP contribution in [0.2, 0.25) is 0 Å². The first-order valence-corrected chi connectivity index (χ1v) is 7.06. The molecule has 0 amide bonds. The minimum absolute atomic E-state index is 0.538. The van der Waals surface area contributed by atoms with Gasteiger partial charge in [0.1, 0.15) is 5.01 Å². The molecule has 0 bridgehead atoms. The first-order chi connectivity index (χ1) is 9.38. The summed E-state index contributed by atoms with van der Waals surface area (Å²) < 4.78 is 0. The van der Waals surface area contributed by atoms with Crippen LogP contribution in [-0.4, -0.2) is 4.98 Å². The molecule has 0 aliphatic carbocycles. The Kier molecular flexibility index (Phi) is 3.40. The van der Waals surface area contributed by atoms with Gasteiger partial charge in [-0.25, -0.2) is 4.98 Å². The van der Waals surface area contributed by atoms with Gasteiger partial charge >= 0.3 is 0 Å². The van der Waals surface area contributed by atoms with Crippen molar-refractivity contribution in [3.05, 3.63) is 65.5 Å². The van der Waals surface area contributed by atoms with Gasteiger partial charge in [-0.15, -0.1) is 11.3 Å². The van der Waals surface area contributed by atoms with E-state index in [1.54, 1.807) is 11.3 Å². The number of benzene rings is 2. The predicted molar refractivity (Wildman–Crippen MR) is 80.9 cm³/mol. The second-order valence-electron chi connectivity index (χ2n) is 4.27. The highest BCUT2D eigenvalue weighted by Crippen LogP contribution is 2.30. The van der Waals surface area contributed by atoms with Crippen molar-refractivity contribution in [2.75, 3.05) is 0 Å². The van der Waals surface area contributed by atoms with E-state index in [4.69, 9.17) is 10.7 Å². The number of aromatic nitrogens is 1. The van der Waals surface area contributed by atoms with Crippen molar-refractivity contribution in [3.63, 3.8) is 0 Å². The summed E-state index contributed by atoms with van der Waals surface area (Å²) in [5.41, 5.74) is 10.2. The van der Waals surface area contributed by atoms with Gasteiger partial charge < -0.3 is 5.73 Å². The molecule has 0 unspecified atom stereocenters. The molecule has 0 atom stereocenters. The highest BCUT2D eigenvalue weighted by molar-refractivity contribution is 7.13. The lowest BCUT2D eigenvalue weighted by Gasteiger charge is -2.03. The average molecular weight is 266 g/mol. The molecule has 94 valence electrons. The molecule has 1 aromatic heterocycles. The molecule has 0 radical (unpaired) electrons. The second-order valence-corrected chi connectivity index (χ2v) is 5.12. The van der Waals surface area contributed by atoms with Crippen LogP contribution >= 0.6 is 11.3 Å². The van der Waals surface area contributed by atoms with Crippen LogP contribution in [0.15, 0.2) is 60.0 Å². The van der Waals surface area contributed by atoms with Crippen LogP contribution < -0.4 is 5.73 Å². The molecule has 0 fully saturated rings. The van der Waals surface area contributed by atoms with Crippen molar-refractivity contribution in [1.29, 1.82) is 0 Å². The van der Waals surface area contributed by atoms with Crippen LogP contribution in [-0.2, 0) is 6.54 Å². The topological polar surface area (TPSA) is 38.9 Å². The largest absolute Gasteiger partial charge is 0.326 e. The quantitative estimate of drug-likeness (QED) is 0.780. The Morgan fingerprint density at radius 1 is 0.947 bits per heavy atom. The molecule has 0 saturated carbocycles. The number of hydrogen-bond acceptors (Lipinski definition) is 3. The second kappa shape index (κ2) is 5.34. The van der Waals surface area contributed by atoms with Crippen molar-refractivity contribution in [3.8, 4) is 21.8 Å². The summed E-state index contributed by atoms with van der Waals surface area (Å²) in [4.78, 5) is 4.72. The number of nitrogens with two attached hydrogens (primary N) is 1. The summed E-state index contributed by atoms with van der Waals surface area (Å²) in [6.07, 6.45) is 0. The van der Waals surface area contributed by atoms with Crippen LogP contribution in [0.1, 0.15) is 5.56 Å². The Morgan fingerprint density at radius 2 is 1.68 bits per heavy atom. The molecule has 3 rings (SSSR count). The molecular weight excluding hydrogens is 252 g/mol. The highest BCUT2D eigenvalue weighted by Gasteiger charge is 2.09. The van der Waals surface area contributed by atoms with E-state index in [2.05, 4.69) is 29.6 Å². The van der Waals surface area contributed by atoms with Crippen LogP contribution in [0.5, 0.6) is 0 Å². The van der Waals surface area contributed by atoms with Gasteiger partial charge in [-0.1, -0.05) is 54.6 Å². The van der Waals surface area contributed by atoms with Gasteiger partial charge in [0.15, 0.2) is 0 Å². The summed E-state index contributed by atoms with van der Waals surface area (Å²) in [7, 11) is 0. The van der Waals surface area contributed by atoms with E-state index in [9.17, 15) is 0 Å². The Balaban J connectivity index is 2.02. The SMILES string of the molecule is NCc1ccccc1-c1nc(-c2ccccc2)cs1. The minimum Gasteiger partial charge on any atom is -0.326 e. The van der Waals surface area contributed by atoms with E-state index >= 15 is 0 Å². The third-order valence-corrected chi connectivity index (χ3v) is 3.92. The first-order valence-electron chi connectivity index (χ1n) is 6.18. The fraction of sp³-hybridized carbons (Fsp3) is 0.0625. The molecule has 0 aliphatic rings. The maximum Gasteiger partial charge on any atom is 0.124 e. The summed E-state index contributed by atoms with van der Waals surface area (Å²) >= 11 is 1.66. The number of nitrogens with zero attached hydrogens (tertiary/aromatic N) is 1. The molecule has 1 heterocycles. The lowest BCUT2D eigenvalue weighted by molar-refractivity contribution is 1.07. The first kappa shape index (κ1) is 12.1. The third-order valence-electron chi connectivity index (χ3n) is 3.04.